The van der Waals surface area contributed by atoms with Crippen LogP contribution in [-0.2, 0) is 75.9 Å². The van der Waals surface area contributed by atoms with Crippen molar-refractivity contribution in [3.05, 3.63) is 0 Å². The number of aliphatic hydroxyl groups is 20. The number of carboxylic acid groups (broad SMARTS) is 1. The fourth-order valence-corrected chi connectivity index (χ4v) is 11.6. The third-order valence-electron chi connectivity index (χ3n) is 16.8. The van der Waals surface area contributed by atoms with E-state index in [0.717, 1.165) is 14.0 Å². The highest BCUT2D eigenvalue weighted by Gasteiger charge is 2.60. The maximum absolute atomic E-state index is 13.0. The molecule has 15 unspecified atom stereocenters. The number of carbonyl (C=O) groups is 2. The third kappa shape index (κ3) is 15.2. The molecular weight excluding hydrogens is 1210 g/mol. The molecule has 0 saturated carbocycles. The molecule has 38 nitrogen and oxygen atoms in total. The van der Waals surface area contributed by atoms with Crippen molar-refractivity contribution >= 4 is 11.9 Å². The molecule has 38 heteroatoms. The average Bonchev–Trinajstić information content (AvgIpc) is 1.51. The molecule has 21 N–H and O–H groups in total. The number of nitrogens with one attached hydrogen (secondary N) is 1. The second-order valence-electron chi connectivity index (χ2n) is 22.6. The van der Waals surface area contributed by atoms with Gasteiger partial charge in [-0.2, -0.15) is 0 Å². The van der Waals surface area contributed by atoms with E-state index in [1.165, 1.54) is 13.8 Å². The molecule has 0 aromatic heterocycles. The van der Waals surface area contributed by atoms with E-state index in [2.05, 4.69) is 5.32 Å². The summed E-state index contributed by atoms with van der Waals surface area (Å²) in [5.74, 6) is -7.36. The monoisotopic (exact) mass is 1290 g/mol. The fraction of sp³-hybridized carbons (Fsp3) is 0.960. The predicted octanol–water partition coefficient (Wildman–Crippen LogP) is -15.3. The van der Waals surface area contributed by atoms with Gasteiger partial charge in [-0.1, -0.05) is 6.92 Å². The molecule has 512 valence electrons. The Hall–Kier alpha value is -2.42. The summed E-state index contributed by atoms with van der Waals surface area (Å²) in [4.78, 5) is 25.9. The van der Waals surface area contributed by atoms with Gasteiger partial charge in [-0.3, -0.25) is 4.79 Å². The number of aliphatic carboxylic acids is 1. The maximum Gasteiger partial charge on any atom is 0.217 e. The van der Waals surface area contributed by atoms with Crippen molar-refractivity contribution in [2.24, 2.45) is 5.92 Å². The SMILES string of the molecule is COC1[C@H](O[C@@H]2C(CO)O[C@@H](O[C@@H]3C(O)[C@H](O[C@@H]4C(CO)O[C@@H](O[C@@H]5C(O)[C@H](C)OC(CO)[C@H]5O)C(O)[C@H]4O)OC(CO[C@@H]4OC(CO)[C@H](O)[C@H](O)C4O)[C@@H]3O)C(NC(C)=O)[C@H]2O)OC(CO)[C@H](O)[C@@H]1O[C@]1(C(=O)[O-])C[C@@H](O)[C@@H](C)C(C(O)C(O)CO)O1. The molecule has 0 aromatic carbocycles. The van der Waals surface area contributed by atoms with E-state index in [9.17, 15) is 117 Å². The first-order chi connectivity index (χ1) is 41.6. The lowest BCUT2D eigenvalue weighted by molar-refractivity contribution is -0.415. The van der Waals surface area contributed by atoms with Gasteiger partial charge in [0.1, 0.15) is 165 Å². The van der Waals surface area contributed by atoms with Crippen LogP contribution in [0.25, 0.3) is 0 Å². The fourth-order valence-electron chi connectivity index (χ4n) is 11.6. The van der Waals surface area contributed by atoms with Gasteiger partial charge < -0.3 is 184 Å². The van der Waals surface area contributed by atoms with E-state index in [1.807, 2.05) is 0 Å². The number of carbonyl (C=O) groups excluding carboxylic acids is 2. The van der Waals surface area contributed by atoms with E-state index in [-0.39, 0.29) is 0 Å². The highest BCUT2D eigenvalue weighted by Crippen LogP contribution is 2.42. The first-order valence-electron chi connectivity index (χ1n) is 28.3. The highest BCUT2D eigenvalue weighted by atomic mass is 16.8. The Labute approximate surface area is 500 Å². The summed E-state index contributed by atoms with van der Waals surface area (Å²) < 4.78 is 81.0. The lowest BCUT2D eigenvalue weighted by Crippen LogP contribution is -2.71. The molecule has 7 heterocycles. The molecule has 0 spiro atoms. The molecule has 7 aliphatic heterocycles. The van der Waals surface area contributed by atoms with Gasteiger partial charge in [0.25, 0.3) is 0 Å². The Morgan fingerprint density at radius 3 is 1.57 bits per heavy atom. The van der Waals surface area contributed by atoms with Crippen LogP contribution in [0.2, 0.25) is 0 Å². The molecule has 0 aliphatic carbocycles. The highest BCUT2D eigenvalue weighted by molar-refractivity contribution is 5.74. The van der Waals surface area contributed by atoms with Crippen molar-refractivity contribution in [1.29, 1.82) is 0 Å². The van der Waals surface area contributed by atoms with Crippen LogP contribution in [0, 0.1) is 5.92 Å². The summed E-state index contributed by atoms with van der Waals surface area (Å²) >= 11 is 0. The predicted molar refractivity (Wildman–Crippen MR) is 269 cm³/mol. The van der Waals surface area contributed by atoms with Crippen LogP contribution in [0.3, 0.4) is 0 Å². The van der Waals surface area contributed by atoms with Crippen LogP contribution in [0.5, 0.6) is 0 Å². The standard InChI is InChI=1S/C50H85NO37/c1-13-16(59)5-50(49(73)74,87-37(13)26(62)17(60)6-52)88-42-29(65)20(9-55)79-48(43(42)75-4)84-38-21(10-56)80-44(24(31(38)67)51-15(3)58)85-41-30(66)23(12-76-45-34(70)32(68)27(63)18(7-53)78-45)82-47(36(41)72)83-39-22(11-57)81-46(35(71)33(39)69)86-40-25(61)14(2)77-19(8-54)28(40)64/h13-14,16-48,52-57,59-72H,5-12H2,1-4H3,(H,51,58)(H,73,74)/p-1/t13-,14+,16-,17?,18?,19?,20?,21?,22?,23?,24?,25?,26?,27+,28-,29+,30+,31-,32+,33-,34?,35?,36?,37?,38-,39-,40-,41+,42+,43?,44+,45-,46+,47+,48+,50+/m1/s1. The summed E-state index contributed by atoms with van der Waals surface area (Å²) in [5.41, 5.74) is 0. The molecule has 88 heavy (non-hydrogen) atoms. The lowest BCUT2D eigenvalue weighted by Gasteiger charge is -2.53. The van der Waals surface area contributed by atoms with Crippen LogP contribution < -0.4 is 10.4 Å². The first-order valence-corrected chi connectivity index (χ1v) is 28.3. The van der Waals surface area contributed by atoms with E-state index in [1.54, 1.807) is 0 Å². The normalized spacial score (nSPS) is 49.4. The van der Waals surface area contributed by atoms with Gasteiger partial charge in [0.05, 0.1) is 64.6 Å². The lowest BCUT2D eigenvalue weighted by atomic mass is 9.84. The number of hydrogen-bond acceptors (Lipinski definition) is 37. The molecule has 7 aliphatic rings. The number of ether oxygens (including phenoxy) is 14. The van der Waals surface area contributed by atoms with Crippen molar-refractivity contribution in [2.45, 2.75) is 241 Å². The van der Waals surface area contributed by atoms with Crippen molar-refractivity contribution in [2.75, 3.05) is 53.4 Å². The molecule has 0 bridgehead atoms. The molecule has 7 fully saturated rings. The van der Waals surface area contributed by atoms with Crippen molar-refractivity contribution in [3.8, 4) is 0 Å². The molecule has 7 saturated heterocycles. The van der Waals surface area contributed by atoms with Crippen LogP contribution in [0.1, 0.15) is 27.2 Å². The van der Waals surface area contributed by atoms with Gasteiger partial charge in [0.15, 0.2) is 31.5 Å². The largest absolute Gasteiger partial charge is 0.544 e. The van der Waals surface area contributed by atoms with E-state index in [4.69, 9.17) is 66.3 Å². The van der Waals surface area contributed by atoms with Gasteiger partial charge >= 0.3 is 0 Å². The molecule has 7 rings (SSSR count). The number of amides is 1. The van der Waals surface area contributed by atoms with Crippen LogP contribution >= 0.6 is 0 Å². The Kier molecular flexibility index (Phi) is 25.9. The summed E-state index contributed by atoms with van der Waals surface area (Å²) in [7, 11) is 0.979. The summed E-state index contributed by atoms with van der Waals surface area (Å²) in [5, 5.41) is 232. The van der Waals surface area contributed by atoms with Gasteiger partial charge in [0.2, 0.25) is 11.7 Å². The summed E-state index contributed by atoms with van der Waals surface area (Å²) in [6.07, 6.45) is -63.8. The van der Waals surface area contributed by atoms with Crippen LogP contribution in [-0.4, -0.2) is 382 Å². The Morgan fingerprint density at radius 1 is 0.523 bits per heavy atom. The minimum Gasteiger partial charge on any atom is -0.544 e. The number of methoxy groups -OCH3 is 1. The van der Waals surface area contributed by atoms with Crippen molar-refractivity contribution in [3.63, 3.8) is 0 Å². The number of hydrogen-bond donors (Lipinski definition) is 21. The average molecular weight is 1290 g/mol. The Bertz CT molecular complexity index is 2180. The molecule has 0 aromatic rings. The van der Waals surface area contributed by atoms with Crippen molar-refractivity contribution < 1.29 is 183 Å². The minimum atomic E-state index is -3.11. The molecular formula is C50H84NO37-. The second kappa shape index (κ2) is 31.2. The number of aliphatic hydroxyl groups excluding tert-OH is 20. The Morgan fingerprint density at radius 2 is 0.989 bits per heavy atom. The van der Waals surface area contributed by atoms with E-state index in [0.29, 0.717) is 0 Å². The van der Waals surface area contributed by atoms with Gasteiger partial charge in [0, 0.05) is 26.4 Å². The number of carboxylic acids is 1. The van der Waals surface area contributed by atoms with Gasteiger partial charge in [-0.25, -0.2) is 0 Å². The molecule has 36 atom stereocenters. The minimum absolute atomic E-state index is 0.735. The van der Waals surface area contributed by atoms with Crippen LogP contribution in [0.15, 0.2) is 0 Å². The first kappa shape index (κ1) is 73.0. The quantitative estimate of drug-likeness (QED) is 0.0427. The van der Waals surface area contributed by atoms with Crippen LogP contribution in [0.4, 0.5) is 0 Å². The zero-order chi connectivity index (χ0) is 65.1. The number of rotatable bonds is 24. The smallest absolute Gasteiger partial charge is 0.217 e. The molecule has 0 radical (unpaired) electrons. The Balaban J connectivity index is 1.16. The zero-order valence-electron chi connectivity index (χ0n) is 47.7. The third-order valence-corrected chi connectivity index (χ3v) is 16.8. The topological polar surface area (TPSA) is 603 Å². The van der Waals surface area contributed by atoms with E-state index < -0.39 is 285 Å². The second-order valence-corrected chi connectivity index (χ2v) is 22.6. The summed E-state index contributed by atoms with van der Waals surface area (Å²) in [6, 6.07) is -1.92. The zero-order valence-corrected chi connectivity index (χ0v) is 47.7. The van der Waals surface area contributed by atoms with E-state index >= 15 is 0 Å². The van der Waals surface area contributed by atoms with Crippen molar-refractivity contribution in [1.82, 2.24) is 5.32 Å². The maximum atomic E-state index is 13.0. The van der Waals surface area contributed by atoms with Gasteiger partial charge in [-0.05, 0) is 6.92 Å². The van der Waals surface area contributed by atoms with Gasteiger partial charge in [-0.15, -0.1) is 0 Å². The summed E-state index contributed by atoms with van der Waals surface area (Å²) in [6.45, 7) is -3.26. The molecule has 1 amide bonds.